The molecule has 2 aromatic rings. The van der Waals surface area contributed by atoms with Crippen molar-refractivity contribution in [2.45, 2.75) is 25.7 Å². The van der Waals surface area contributed by atoms with Gasteiger partial charge in [-0.15, -0.1) is 0 Å². The summed E-state index contributed by atoms with van der Waals surface area (Å²) in [5.74, 6) is -0.144. The molecule has 0 aliphatic heterocycles. The van der Waals surface area contributed by atoms with Crippen molar-refractivity contribution in [1.29, 1.82) is 0 Å². The summed E-state index contributed by atoms with van der Waals surface area (Å²) < 4.78 is 27.4. The van der Waals surface area contributed by atoms with Crippen LogP contribution < -0.4 is 15.4 Å². The SMILES string of the molecule is CC(C)(C)C(=O)Nc1ccc(NS(=O)(=O)c2ccc(NC=O)c(Cl)c2)cc1. The quantitative estimate of drug-likeness (QED) is 0.632. The van der Waals surface area contributed by atoms with Crippen LogP contribution in [0.2, 0.25) is 5.02 Å². The summed E-state index contributed by atoms with van der Waals surface area (Å²) in [6.07, 6.45) is 0.452. The van der Waals surface area contributed by atoms with Gasteiger partial charge in [0, 0.05) is 16.8 Å². The third-order valence-corrected chi connectivity index (χ3v) is 5.23. The predicted molar refractivity (Wildman–Crippen MR) is 106 cm³/mol. The molecule has 2 aromatic carbocycles. The Balaban J connectivity index is 2.15. The van der Waals surface area contributed by atoms with Gasteiger partial charge in [-0.05, 0) is 42.5 Å². The Kier molecular flexibility index (Phi) is 6.12. The Labute approximate surface area is 163 Å². The van der Waals surface area contributed by atoms with E-state index in [0.29, 0.717) is 23.5 Å². The summed E-state index contributed by atoms with van der Waals surface area (Å²) in [6, 6.07) is 10.3. The van der Waals surface area contributed by atoms with Crippen molar-refractivity contribution < 1.29 is 18.0 Å². The average molecular weight is 410 g/mol. The Hall–Kier alpha value is -2.58. The molecule has 0 spiro atoms. The molecule has 7 nitrogen and oxygen atoms in total. The first-order valence-corrected chi connectivity index (χ1v) is 9.83. The van der Waals surface area contributed by atoms with Gasteiger partial charge < -0.3 is 10.6 Å². The Bertz CT molecular complexity index is 952. The maximum Gasteiger partial charge on any atom is 0.261 e. The number of hydrogen-bond acceptors (Lipinski definition) is 4. The normalized spacial score (nSPS) is 11.6. The second-order valence-corrected chi connectivity index (χ2v) is 8.88. The van der Waals surface area contributed by atoms with Crippen LogP contribution in [0, 0.1) is 5.41 Å². The lowest BCUT2D eigenvalue weighted by Crippen LogP contribution is -2.27. The van der Waals surface area contributed by atoms with Crippen LogP contribution in [0.5, 0.6) is 0 Å². The molecule has 3 N–H and O–H groups in total. The Morgan fingerprint density at radius 2 is 1.63 bits per heavy atom. The summed E-state index contributed by atoms with van der Waals surface area (Å²) in [7, 11) is -3.86. The molecule has 0 fully saturated rings. The molecule has 0 aliphatic rings. The lowest BCUT2D eigenvalue weighted by atomic mass is 9.95. The smallest absolute Gasteiger partial charge is 0.261 e. The number of rotatable bonds is 6. The number of carbonyl (C=O) groups is 2. The summed E-state index contributed by atoms with van der Waals surface area (Å²) >= 11 is 5.97. The van der Waals surface area contributed by atoms with Crippen LogP contribution in [-0.2, 0) is 19.6 Å². The molecule has 0 atom stereocenters. The topological polar surface area (TPSA) is 104 Å². The van der Waals surface area contributed by atoms with Gasteiger partial charge in [-0.25, -0.2) is 8.42 Å². The lowest BCUT2D eigenvalue weighted by Gasteiger charge is -2.17. The van der Waals surface area contributed by atoms with E-state index < -0.39 is 15.4 Å². The molecule has 0 bridgehead atoms. The Morgan fingerprint density at radius 3 is 2.15 bits per heavy atom. The summed E-state index contributed by atoms with van der Waals surface area (Å²) in [4.78, 5) is 22.4. The highest BCUT2D eigenvalue weighted by Gasteiger charge is 2.21. The lowest BCUT2D eigenvalue weighted by molar-refractivity contribution is -0.123. The van der Waals surface area contributed by atoms with Crippen LogP contribution in [0.3, 0.4) is 0 Å². The van der Waals surface area contributed by atoms with Crippen LogP contribution >= 0.6 is 11.6 Å². The van der Waals surface area contributed by atoms with E-state index in [9.17, 15) is 18.0 Å². The molecule has 0 saturated carbocycles. The van der Waals surface area contributed by atoms with Crippen LogP contribution in [0.4, 0.5) is 17.1 Å². The highest BCUT2D eigenvalue weighted by atomic mass is 35.5. The van der Waals surface area contributed by atoms with E-state index in [1.54, 1.807) is 45.0 Å². The minimum absolute atomic E-state index is 0.0472. The van der Waals surface area contributed by atoms with Crippen molar-refractivity contribution in [2.24, 2.45) is 5.41 Å². The predicted octanol–water partition coefficient (Wildman–Crippen LogP) is 3.69. The molecular weight excluding hydrogens is 390 g/mol. The van der Waals surface area contributed by atoms with E-state index in [0.717, 1.165) is 0 Å². The molecule has 0 aliphatic carbocycles. The number of carbonyl (C=O) groups excluding carboxylic acids is 2. The number of sulfonamides is 1. The zero-order valence-electron chi connectivity index (χ0n) is 15.0. The fourth-order valence-corrected chi connectivity index (χ4v) is 3.38. The highest BCUT2D eigenvalue weighted by Crippen LogP contribution is 2.26. The van der Waals surface area contributed by atoms with Crippen LogP contribution in [0.25, 0.3) is 0 Å². The zero-order valence-corrected chi connectivity index (χ0v) is 16.6. The number of nitrogens with one attached hydrogen (secondary N) is 3. The molecule has 27 heavy (non-hydrogen) atoms. The first-order chi connectivity index (χ1) is 12.5. The molecule has 2 rings (SSSR count). The molecule has 0 radical (unpaired) electrons. The molecule has 0 saturated heterocycles. The molecular formula is C18H20ClN3O4S. The summed E-state index contributed by atoms with van der Waals surface area (Å²) in [5.41, 5.74) is 0.662. The van der Waals surface area contributed by atoms with Gasteiger partial charge in [0.05, 0.1) is 15.6 Å². The van der Waals surface area contributed by atoms with Crippen molar-refractivity contribution in [2.75, 3.05) is 15.4 Å². The molecule has 2 amide bonds. The number of hydrogen-bond donors (Lipinski definition) is 3. The van der Waals surface area contributed by atoms with Gasteiger partial charge >= 0.3 is 0 Å². The highest BCUT2D eigenvalue weighted by molar-refractivity contribution is 7.92. The van der Waals surface area contributed by atoms with Gasteiger partial charge in [0.1, 0.15) is 0 Å². The van der Waals surface area contributed by atoms with Crippen molar-refractivity contribution in [3.8, 4) is 0 Å². The third kappa shape index (κ3) is 5.45. The van der Waals surface area contributed by atoms with Crippen LogP contribution in [0.15, 0.2) is 47.4 Å². The average Bonchev–Trinajstić information content (AvgIpc) is 2.57. The largest absolute Gasteiger partial charge is 0.327 e. The van der Waals surface area contributed by atoms with Gasteiger partial charge in [-0.2, -0.15) is 0 Å². The maximum absolute atomic E-state index is 12.5. The van der Waals surface area contributed by atoms with Crippen molar-refractivity contribution in [3.05, 3.63) is 47.5 Å². The summed E-state index contributed by atoms with van der Waals surface area (Å²) in [5, 5.41) is 5.24. The van der Waals surface area contributed by atoms with Gasteiger partial charge in [0.15, 0.2) is 0 Å². The van der Waals surface area contributed by atoms with Gasteiger partial charge in [-0.3, -0.25) is 14.3 Å². The van der Waals surface area contributed by atoms with Gasteiger partial charge in [-0.1, -0.05) is 32.4 Å². The number of amides is 2. The van der Waals surface area contributed by atoms with Crippen molar-refractivity contribution >= 4 is 51.0 Å². The van der Waals surface area contributed by atoms with E-state index in [-0.39, 0.29) is 15.8 Å². The van der Waals surface area contributed by atoms with Crippen molar-refractivity contribution in [3.63, 3.8) is 0 Å². The fraction of sp³-hybridized carbons (Fsp3) is 0.222. The zero-order chi connectivity index (χ0) is 20.2. The van der Waals surface area contributed by atoms with E-state index in [2.05, 4.69) is 15.4 Å². The minimum atomic E-state index is -3.86. The first kappa shape index (κ1) is 20.7. The maximum atomic E-state index is 12.5. The Morgan fingerprint density at radius 1 is 1.04 bits per heavy atom. The minimum Gasteiger partial charge on any atom is -0.327 e. The number of benzene rings is 2. The van der Waals surface area contributed by atoms with E-state index in [1.165, 1.54) is 18.2 Å². The van der Waals surface area contributed by atoms with Crippen LogP contribution in [-0.4, -0.2) is 20.7 Å². The summed E-state index contributed by atoms with van der Waals surface area (Å²) in [6.45, 7) is 5.39. The molecule has 0 heterocycles. The third-order valence-electron chi connectivity index (χ3n) is 3.54. The van der Waals surface area contributed by atoms with Gasteiger partial charge in [0.25, 0.3) is 10.0 Å². The number of halogens is 1. The monoisotopic (exact) mass is 409 g/mol. The molecule has 9 heteroatoms. The second kappa shape index (κ2) is 7.98. The molecule has 0 unspecified atom stereocenters. The standard InChI is InChI=1S/C18H20ClN3O4S/c1-18(2,3)17(24)21-12-4-6-13(7-5-12)22-27(25,26)14-8-9-16(20-11-23)15(19)10-14/h4-11,22H,1-3H3,(H,20,23)(H,21,24). The molecule has 0 aromatic heterocycles. The van der Waals surface area contributed by atoms with Gasteiger partial charge in [0.2, 0.25) is 12.3 Å². The second-order valence-electron chi connectivity index (χ2n) is 6.79. The van der Waals surface area contributed by atoms with Crippen molar-refractivity contribution in [1.82, 2.24) is 0 Å². The van der Waals surface area contributed by atoms with E-state index >= 15 is 0 Å². The first-order valence-electron chi connectivity index (χ1n) is 7.97. The van der Waals surface area contributed by atoms with E-state index in [4.69, 9.17) is 11.6 Å². The molecule has 144 valence electrons. The van der Waals surface area contributed by atoms with E-state index in [1.807, 2.05) is 0 Å². The van der Waals surface area contributed by atoms with Crippen LogP contribution in [0.1, 0.15) is 20.8 Å². The number of anilines is 3. The fourth-order valence-electron chi connectivity index (χ4n) is 2.00.